The Balaban J connectivity index is 1.22. The molecule has 2 aliphatic rings. The van der Waals surface area contributed by atoms with E-state index in [4.69, 9.17) is 13.9 Å². The number of piperidine rings is 1. The fraction of sp³-hybridized carbons (Fsp3) is 0.304. The molecule has 3 heterocycles. The van der Waals surface area contributed by atoms with Crippen molar-refractivity contribution in [3.05, 3.63) is 53.8 Å². The van der Waals surface area contributed by atoms with Crippen LogP contribution >= 0.6 is 0 Å². The van der Waals surface area contributed by atoms with E-state index in [0.29, 0.717) is 48.9 Å². The second-order valence-electron chi connectivity index (χ2n) is 7.68. The smallest absolute Gasteiger partial charge is 0.289 e. The van der Waals surface area contributed by atoms with E-state index in [9.17, 15) is 9.59 Å². The molecule has 2 amide bonds. The van der Waals surface area contributed by atoms with Crippen molar-refractivity contribution in [1.82, 2.24) is 4.90 Å². The molecule has 0 bridgehead atoms. The second kappa shape index (κ2) is 7.40. The van der Waals surface area contributed by atoms with Crippen LogP contribution in [0.15, 0.2) is 46.9 Å². The minimum atomic E-state index is -0.142. The first-order valence-electron chi connectivity index (χ1n) is 10.1. The number of rotatable bonds is 3. The van der Waals surface area contributed by atoms with Crippen molar-refractivity contribution in [3.8, 4) is 11.5 Å². The molecular formula is C23H22N2O5. The first-order chi connectivity index (χ1) is 14.6. The van der Waals surface area contributed by atoms with Gasteiger partial charge in [-0.25, -0.2) is 0 Å². The molecule has 1 aromatic heterocycles. The van der Waals surface area contributed by atoms with Crippen LogP contribution in [0.1, 0.15) is 29.0 Å². The van der Waals surface area contributed by atoms with Crippen LogP contribution in [0.3, 0.4) is 0 Å². The van der Waals surface area contributed by atoms with Crippen molar-refractivity contribution in [2.75, 3.05) is 25.2 Å². The third-order valence-corrected chi connectivity index (χ3v) is 5.83. The lowest BCUT2D eigenvalue weighted by Gasteiger charge is -2.31. The van der Waals surface area contributed by atoms with Crippen LogP contribution in [0.5, 0.6) is 11.5 Å². The highest BCUT2D eigenvalue weighted by Crippen LogP contribution is 2.34. The van der Waals surface area contributed by atoms with Crippen LogP contribution in [-0.4, -0.2) is 36.6 Å². The zero-order valence-corrected chi connectivity index (χ0v) is 16.6. The molecule has 0 aliphatic carbocycles. The van der Waals surface area contributed by atoms with Gasteiger partial charge in [0.15, 0.2) is 17.3 Å². The van der Waals surface area contributed by atoms with Gasteiger partial charge in [0.25, 0.3) is 5.91 Å². The minimum absolute atomic E-state index is 0.0409. The average Bonchev–Trinajstić information content (AvgIpc) is 3.37. The minimum Gasteiger partial charge on any atom is -0.454 e. The Morgan fingerprint density at radius 1 is 1.03 bits per heavy atom. The fourth-order valence-electron chi connectivity index (χ4n) is 4.09. The van der Waals surface area contributed by atoms with Gasteiger partial charge in [-0.3, -0.25) is 9.59 Å². The second-order valence-corrected chi connectivity index (χ2v) is 7.68. The van der Waals surface area contributed by atoms with Gasteiger partial charge in [-0.1, -0.05) is 18.2 Å². The van der Waals surface area contributed by atoms with Crippen LogP contribution in [0, 0.1) is 12.8 Å². The summed E-state index contributed by atoms with van der Waals surface area (Å²) in [6.07, 6.45) is 1.23. The predicted molar refractivity (Wildman–Crippen MR) is 111 cm³/mol. The maximum absolute atomic E-state index is 13.0. The monoisotopic (exact) mass is 406 g/mol. The van der Waals surface area contributed by atoms with E-state index in [1.165, 1.54) is 0 Å². The zero-order chi connectivity index (χ0) is 20.7. The number of carbonyl (C=O) groups is 2. The summed E-state index contributed by atoms with van der Waals surface area (Å²) in [6, 6.07) is 13.0. The van der Waals surface area contributed by atoms with E-state index in [1.54, 1.807) is 23.1 Å². The van der Waals surface area contributed by atoms with E-state index >= 15 is 0 Å². The number of carbonyl (C=O) groups excluding carboxylic acids is 2. The van der Waals surface area contributed by atoms with Gasteiger partial charge in [0, 0.05) is 41.7 Å². The zero-order valence-electron chi connectivity index (χ0n) is 16.6. The van der Waals surface area contributed by atoms with E-state index in [-0.39, 0.29) is 24.5 Å². The molecule has 7 heteroatoms. The van der Waals surface area contributed by atoms with E-state index in [2.05, 4.69) is 5.32 Å². The van der Waals surface area contributed by atoms with Gasteiger partial charge in [0.05, 0.1) is 0 Å². The molecule has 154 valence electrons. The molecule has 7 nitrogen and oxygen atoms in total. The Hall–Kier alpha value is -3.48. The molecule has 2 aliphatic heterocycles. The number of benzene rings is 2. The van der Waals surface area contributed by atoms with E-state index in [0.717, 1.165) is 16.5 Å². The largest absolute Gasteiger partial charge is 0.454 e. The molecule has 5 rings (SSSR count). The first kappa shape index (κ1) is 18.5. The molecule has 2 aromatic carbocycles. The normalized spacial score (nSPS) is 16.1. The standard InChI is InChI=1S/C23H22N2O5/c1-14-17-4-2-3-5-18(17)30-21(14)23(27)25-10-8-15(9-11-25)22(26)24-16-6-7-19-20(12-16)29-13-28-19/h2-7,12,15H,8-11,13H2,1H3,(H,24,26). The number of hydrogen-bond acceptors (Lipinski definition) is 5. The maximum atomic E-state index is 13.0. The number of hydrogen-bond donors (Lipinski definition) is 1. The van der Waals surface area contributed by atoms with Gasteiger partial charge in [-0.05, 0) is 38.0 Å². The number of likely N-dealkylation sites (tertiary alicyclic amines) is 1. The summed E-state index contributed by atoms with van der Waals surface area (Å²) in [6.45, 7) is 3.15. The third kappa shape index (κ3) is 3.26. The number of nitrogens with zero attached hydrogens (tertiary/aromatic N) is 1. The highest BCUT2D eigenvalue weighted by Gasteiger charge is 2.30. The summed E-state index contributed by atoms with van der Waals surface area (Å²) in [4.78, 5) is 27.4. The molecule has 0 unspecified atom stereocenters. The van der Waals surface area contributed by atoms with Crippen LogP contribution in [0.2, 0.25) is 0 Å². The van der Waals surface area contributed by atoms with Gasteiger partial charge in [-0.15, -0.1) is 0 Å². The molecule has 0 saturated carbocycles. The molecule has 1 fully saturated rings. The molecule has 30 heavy (non-hydrogen) atoms. The highest BCUT2D eigenvalue weighted by molar-refractivity contribution is 5.99. The summed E-state index contributed by atoms with van der Waals surface area (Å²) >= 11 is 0. The summed E-state index contributed by atoms with van der Waals surface area (Å²) in [5, 5.41) is 3.90. The number of furan rings is 1. The molecule has 1 saturated heterocycles. The SMILES string of the molecule is Cc1c(C(=O)N2CCC(C(=O)Nc3ccc4c(c3)OCO4)CC2)oc2ccccc12. The van der Waals surface area contributed by atoms with E-state index in [1.807, 2.05) is 31.2 Å². The molecule has 0 atom stereocenters. The van der Waals surface area contributed by atoms with Crippen molar-refractivity contribution in [3.63, 3.8) is 0 Å². The lowest BCUT2D eigenvalue weighted by molar-refractivity contribution is -0.121. The van der Waals surface area contributed by atoms with E-state index < -0.39 is 0 Å². The average molecular weight is 406 g/mol. The van der Waals surface area contributed by atoms with Crippen molar-refractivity contribution < 1.29 is 23.5 Å². The number of amides is 2. The molecule has 3 aromatic rings. The van der Waals surface area contributed by atoms with Crippen molar-refractivity contribution in [2.45, 2.75) is 19.8 Å². The Kier molecular flexibility index (Phi) is 4.58. The summed E-state index contributed by atoms with van der Waals surface area (Å²) < 4.78 is 16.5. The van der Waals surface area contributed by atoms with Crippen molar-refractivity contribution >= 4 is 28.5 Å². The third-order valence-electron chi connectivity index (χ3n) is 5.83. The fourth-order valence-corrected chi connectivity index (χ4v) is 4.09. The summed E-state index contributed by atoms with van der Waals surface area (Å²) in [7, 11) is 0. The van der Waals surface area contributed by atoms with Gasteiger partial charge in [0.1, 0.15) is 5.58 Å². The predicted octanol–water partition coefficient (Wildman–Crippen LogP) is 3.96. The molecular weight excluding hydrogens is 384 g/mol. The number of ether oxygens (including phenoxy) is 2. The van der Waals surface area contributed by atoms with Crippen LogP contribution < -0.4 is 14.8 Å². The highest BCUT2D eigenvalue weighted by atomic mass is 16.7. The van der Waals surface area contributed by atoms with Gasteiger partial charge < -0.3 is 24.1 Å². The molecule has 0 spiro atoms. The van der Waals surface area contributed by atoms with Crippen molar-refractivity contribution in [2.24, 2.45) is 5.92 Å². The molecule has 0 radical (unpaired) electrons. The quantitative estimate of drug-likeness (QED) is 0.712. The number of fused-ring (bicyclic) bond motifs is 2. The Labute approximate surface area is 173 Å². The lowest BCUT2D eigenvalue weighted by atomic mass is 9.95. The topological polar surface area (TPSA) is 81.0 Å². The van der Waals surface area contributed by atoms with Gasteiger partial charge in [-0.2, -0.15) is 0 Å². The van der Waals surface area contributed by atoms with Crippen LogP contribution in [0.25, 0.3) is 11.0 Å². The first-order valence-corrected chi connectivity index (χ1v) is 10.1. The number of aryl methyl sites for hydroxylation is 1. The van der Waals surface area contributed by atoms with Gasteiger partial charge in [0.2, 0.25) is 12.7 Å². The Morgan fingerprint density at radius 2 is 1.80 bits per heavy atom. The van der Waals surface area contributed by atoms with Crippen LogP contribution in [-0.2, 0) is 4.79 Å². The molecule has 1 N–H and O–H groups in total. The van der Waals surface area contributed by atoms with Gasteiger partial charge >= 0.3 is 0 Å². The lowest BCUT2D eigenvalue weighted by Crippen LogP contribution is -2.41. The summed E-state index contributed by atoms with van der Waals surface area (Å²) in [5.41, 5.74) is 2.26. The number of para-hydroxylation sites is 1. The Morgan fingerprint density at radius 3 is 2.60 bits per heavy atom. The number of anilines is 1. The summed E-state index contributed by atoms with van der Waals surface area (Å²) in [5.74, 6) is 1.41. The van der Waals surface area contributed by atoms with Crippen molar-refractivity contribution in [1.29, 1.82) is 0 Å². The van der Waals surface area contributed by atoms with Crippen LogP contribution in [0.4, 0.5) is 5.69 Å². The Bertz CT molecular complexity index is 1130. The maximum Gasteiger partial charge on any atom is 0.289 e. The number of nitrogens with one attached hydrogen (secondary N) is 1.